The Morgan fingerprint density at radius 2 is 2.07 bits per heavy atom. The highest BCUT2D eigenvalue weighted by Crippen LogP contribution is 2.38. The lowest BCUT2D eigenvalue weighted by atomic mass is 9.99. The third-order valence-corrected chi connectivity index (χ3v) is 6.75. The number of hydrogen-bond donors (Lipinski definition) is 1. The number of carbonyl (C=O) groups excluding carboxylic acids is 2. The van der Waals surface area contributed by atoms with Crippen LogP contribution in [0.25, 0.3) is 6.08 Å². The van der Waals surface area contributed by atoms with Gasteiger partial charge in [-0.05, 0) is 61.6 Å². The van der Waals surface area contributed by atoms with Gasteiger partial charge in [0, 0.05) is 31.0 Å². The second-order valence-corrected chi connectivity index (χ2v) is 8.71. The van der Waals surface area contributed by atoms with Crippen LogP contribution in [0.3, 0.4) is 0 Å². The number of fused-ring (bicyclic) bond motifs is 2. The van der Waals surface area contributed by atoms with E-state index in [4.69, 9.17) is 0 Å². The predicted octanol–water partition coefficient (Wildman–Crippen LogP) is 1.23. The maximum atomic E-state index is 12.7. The second-order valence-electron chi connectivity index (χ2n) is 8.71. The average Bonchev–Trinajstić information content (AvgIpc) is 3.32. The third-order valence-electron chi connectivity index (χ3n) is 6.75. The Morgan fingerprint density at radius 3 is 2.93 bits per heavy atom. The summed E-state index contributed by atoms with van der Waals surface area (Å²) in [6, 6.07) is 10.3. The average molecular weight is 402 g/mol. The number of likely N-dealkylation sites (tertiary alicyclic amines) is 1. The number of pyridine rings is 1. The Kier molecular flexibility index (Phi) is 4.95. The molecule has 4 atom stereocenters. The number of amides is 2. The van der Waals surface area contributed by atoms with E-state index < -0.39 is 0 Å². The Morgan fingerprint density at radius 1 is 1.20 bits per heavy atom. The number of aryl methyl sites for hydroxylation is 1. The van der Waals surface area contributed by atoms with Gasteiger partial charge in [0.15, 0.2) is 0 Å². The van der Waals surface area contributed by atoms with Gasteiger partial charge in [0.2, 0.25) is 0 Å². The molecule has 1 saturated carbocycles. The van der Waals surface area contributed by atoms with Gasteiger partial charge in [0.25, 0.3) is 11.8 Å². The molecule has 2 fully saturated rings. The third kappa shape index (κ3) is 3.56. The molecule has 154 valence electrons. The molecule has 2 aromatic rings. The number of rotatable bonds is 4. The zero-order valence-electron chi connectivity index (χ0n) is 17.1. The second kappa shape index (κ2) is 7.76. The van der Waals surface area contributed by atoms with Crippen molar-refractivity contribution in [3.8, 4) is 0 Å². The van der Waals surface area contributed by atoms with Crippen molar-refractivity contribution in [3.05, 3.63) is 64.4 Å². The SMILES string of the molecule is Cc1cncc(C(=O)N[C@H]2CC[C@@H]3[C@H]2CCN3CC2C=c3ccccc3=NC2=O)c1. The van der Waals surface area contributed by atoms with Crippen LogP contribution in [0.15, 0.2) is 47.7 Å². The lowest BCUT2D eigenvalue weighted by Crippen LogP contribution is -2.42. The maximum absolute atomic E-state index is 12.7. The highest BCUT2D eigenvalue weighted by molar-refractivity contribution is 5.94. The summed E-state index contributed by atoms with van der Waals surface area (Å²) in [6.45, 7) is 3.62. The molecule has 0 bridgehead atoms. The van der Waals surface area contributed by atoms with Gasteiger partial charge in [-0.2, -0.15) is 0 Å². The topological polar surface area (TPSA) is 74.7 Å². The molecule has 30 heavy (non-hydrogen) atoms. The number of nitrogens with one attached hydrogen (secondary N) is 1. The molecule has 5 rings (SSSR count). The van der Waals surface area contributed by atoms with Gasteiger partial charge in [-0.15, -0.1) is 0 Å². The van der Waals surface area contributed by atoms with E-state index in [1.807, 2.05) is 37.3 Å². The number of nitrogens with zero attached hydrogens (tertiary/aromatic N) is 3. The summed E-state index contributed by atoms with van der Waals surface area (Å²) in [5, 5.41) is 5.05. The van der Waals surface area contributed by atoms with Gasteiger partial charge < -0.3 is 5.32 Å². The summed E-state index contributed by atoms with van der Waals surface area (Å²) in [7, 11) is 0. The first kappa shape index (κ1) is 19.1. The van der Waals surface area contributed by atoms with Gasteiger partial charge in [0.05, 0.1) is 16.8 Å². The van der Waals surface area contributed by atoms with Crippen molar-refractivity contribution >= 4 is 17.9 Å². The fraction of sp³-hybridized carbons (Fsp3) is 0.417. The monoisotopic (exact) mass is 402 g/mol. The van der Waals surface area contributed by atoms with Crippen LogP contribution in [-0.4, -0.2) is 46.9 Å². The van der Waals surface area contributed by atoms with E-state index in [1.54, 1.807) is 12.4 Å². The molecule has 2 aliphatic heterocycles. The quantitative estimate of drug-likeness (QED) is 0.835. The van der Waals surface area contributed by atoms with Crippen LogP contribution >= 0.6 is 0 Å². The number of hydrogen-bond acceptors (Lipinski definition) is 4. The molecule has 0 spiro atoms. The Bertz CT molecular complexity index is 1110. The molecule has 1 N–H and O–H groups in total. The van der Waals surface area contributed by atoms with E-state index in [0.717, 1.165) is 41.9 Å². The van der Waals surface area contributed by atoms with Gasteiger partial charge in [-0.1, -0.05) is 24.3 Å². The molecular formula is C24H26N4O2. The molecule has 3 aliphatic rings. The summed E-state index contributed by atoms with van der Waals surface area (Å²) in [5.74, 6) is 0.161. The summed E-state index contributed by atoms with van der Waals surface area (Å²) in [4.78, 5) is 36.1. The van der Waals surface area contributed by atoms with Crippen LogP contribution in [0, 0.1) is 18.8 Å². The molecule has 1 aliphatic carbocycles. The number of carbonyl (C=O) groups is 2. The summed E-state index contributed by atoms with van der Waals surface area (Å²) in [5.41, 5.74) is 1.61. The summed E-state index contributed by atoms with van der Waals surface area (Å²) >= 11 is 0. The first-order chi connectivity index (χ1) is 14.6. The van der Waals surface area contributed by atoms with Crippen molar-refractivity contribution in [2.24, 2.45) is 16.8 Å². The lowest BCUT2D eigenvalue weighted by Gasteiger charge is -2.27. The van der Waals surface area contributed by atoms with Crippen molar-refractivity contribution in [1.29, 1.82) is 0 Å². The maximum Gasteiger partial charge on any atom is 0.254 e. The molecule has 6 nitrogen and oxygen atoms in total. The first-order valence-electron chi connectivity index (χ1n) is 10.7. The summed E-state index contributed by atoms with van der Waals surface area (Å²) < 4.78 is 0. The van der Waals surface area contributed by atoms with E-state index in [2.05, 4.69) is 26.3 Å². The van der Waals surface area contributed by atoms with E-state index in [1.165, 1.54) is 0 Å². The fourth-order valence-electron chi connectivity index (χ4n) is 5.31. The standard InChI is InChI=1S/C24H26N4O2/c1-15-10-17(13-25-12-15)23(29)27-21-6-7-22-19(21)8-9-28(22)14-18-11-16-4-2-3-5-20(16)26-24(18)30/h2-5,10-13,18-19,21-22H,6-9,14H2,1H3,(H,27,29)/t18?,19-,21-,22+/m0/s1. The largest absolute Gasteiger partial charge is 0.349 e. The lowest BCUT2D eigenvalue weighted by molar-refractivity contribution is -0.120. The molecule has 2 amide bonds. The van der Waals surface area contributed by atoms with Crippen LogP contribution in [0.4, 0.5) is 0 Å². The molecule has 6 heteroatoms. The Hall–Kier alpha value is -2.86. The molecule has 1 aromatic heterocycles. The smallest absolute Gasteiger partial charge is 0.254 e. The van der Waals surface area contributed by atoms with E-state index in [-0.39, 0.29) is 23.8 Å². The van der Waals surface area contributed by atoms with Crippen LogP contribution < -0.4 is 15.9 Å². The van der Waals surface area contributed by atoms with Crippen molar-refractivity contribution in [3.63, 3.8) is 0 Å². The van der Waals surface area contributed by atoms with Crippen molar-refractivity contribution in [2.45, 2.75) is 38.3 Å². The van der Waals surface area contributed by atoms with Crippen molar-refractivity contribution < 1.29 is 9.59 Å². The molecule has 1 saturated heterocycles. The number of para-hydroxylation sites is 1. The van der Waals surface area contributed by atoms with Gasteiger partial charge in [-0.25, -0.2) is 4.99 Å². The number of aromatic nitrogens is 1. The first-order valence-corrected chi connectivity index (χ1v) is 10.7. The zero-order chi connectivity index (χ0) is 20.7. The highest BCUT2D eigenvalue weighted by Gasteiger charge is 2.45. The van der Waals surface area contributed by atoms with Crippen molar-refractivity contribution in [1.82, 2.24) is 15.2 Å². The summed E-state index contributed by atoms with van der Waals surface area (Å²) in [6.07, 6.45) is 8.53. The molecular weight excluding hydrogens is 376 g/mol. The van der Waals surface area contributed by atoms with E-state index in [9.17, 15) is 9.59 Å². The van der Waals surface area contributed by atoms with Crippen LogP contribution in [0.1, 0.15) is 35.2 Å². The van der Waals surface area contributed by atoms with E-state index in [0.29, 0.717) is 24.1 Å². The van der Waals surface area contributed by atoms with Gasteiger partial charge in [-0.3, -0.25) is 19.5 Å². The molecule has 1 aromatic carbocycles. The fourth-order valence-corrected chi connectivity index (χ4v) is 5.31. The molecule has 1 unspecified atom stereocenters. The minimum atomic E-state index is -0.189. The number of benzene rings is 1. The molecule has 3 heterocycles. The zero-order valence-corrected chi connectivity index (χ0v) is 17.1. The van der Waals surface area contributed by atoms with Gasteiger partial charge in [0.1, 0.15) is 0 Å². The van der Waals surface area contributed by atoms with E-state index >= 15 is 0 Å². The van der Waals surface area contributed by atoms with Crippen molar-refractivity contribution in [2.75, 3.05) is 13.1 Å². The Labute approximate surface area is 175 Å². The van der Waals surface area contributed by atoms with Crippen LogP contribution in [0.2, 0.25) is 0 Å². The highest BCUT2D eigenvalue weighted by atomic mass is 16.2. The minimum Gasteiger partial charge on any atom is -0.349 e. The van der Waals surface area contributed by atoms with Crippen LogP contribution in [-0.2, 0) is 4.79 Å². The Balaban J connectivity index is 1.25. The van der Waals surface area contributed by atoms with Crippen LogP contribution in [0.5, 0.6) is 0 Å². The predicted molar refractivity (Wildman–Crippen MR) is 113 cm³/mol. The normalized spacial score (nSPS) is 27.7. The molecule has 0 radical (unpaired) electrons. The van der Waals surface area contributed by atoms with Gasteiger partial charge >= 0.3 is 0 Å². The minimum absolute atomic E-state index is 0.0403.